The van der Waals surface area contributed by atoms with Gasteiger partial charge in [-0.05, 0) is 48.9 Å². The van der Waals surface area contributed by atoms with E-state index in [2.05, 4.69) is 0 Å². The third kappa shape index (κ3) is 2.92. The Labute approximate surface area is 139 Å². The molecule has 22 heavy (non-hydrogen) atoms. The average molecular weight is 336 g/mol. The molecule has 2 aromatic rings. The van der Waals surface area contributed by atoms with Crippen LogP contribution in [-0.2, 0) is 9.53 Å². The molecular weight excluding hydrogens is 321 g/mol. The Kier molecular flexibility index (Phi) is 4.27. The molecule has 1 heterocycles. The second-order valence-corrected chi connectivity index (χ2v) is 5.95. The van der Waals surface area contributed by atoms with Crippen LogP contribution in [0.3, 0.4) is 0 Å². The third-order valence-electron chi connectivity index (χ3n) is 3.67. The van der Waals surface area contributed by atoms with E-state index < -0.39 is 0 Å². The number of anilines is 1. The van der Waals surface area contributed by atoms with Crippen LogP contribution < -0.4 is 4.90 Å². The number of carbonyl (C=O) groups is 1. The van der Waals surface area contributed by atoms with E-state index in [9.17, 15) is 4.79 Å². The van der Waals surface area contributed by atoms with Crippen molar-refractivity contribution in [3.05, 3.63) is 64.1 Å². The molecule has 0 saturated carbocycles. The van der Waals surface area contributed by atoms with Gasteiger partial charge in [0.25, 0.3) is 0 Å². The number of hydrogen-bond donors (Lipinski definition) is 0. The molecule has 1 aliphatic heterocycles. The summed E-state index contributed by atoms with van der Waals surface area (Å²) in [6.45, 7) is 2.18. The number of nitrogens with zero attached hydrogens (tertiary/aromatic N) is 1. The first-order valence-corrected chi connectivity index (χ1v) is 7.83. The lowest BCUT2D eigenvalue weighted by molar-refractivity contribution is -0.142. The maximum absolute atomic E-state index is 12.2. The van der Waals surface area contributed by atoms with Crippen molar-refractivity contribution in [2.75, 3.05) is 11.5 Å². The van der Waals surface area contributed by atoms with Gasteiger partial charge in [-0.15, -0.1) is 0 Å². The van der Waals surface area contributed by atoms with E-state index in [1.165, 1.54) is 0 Å². The van der Waals surface area contributed by atoms with Crippen LogP contribution in [0.25, 0.3) is 0 Å². The molecule has 0 radical (unpaired) electrons. The average Bonchev–Trinajstić information content (AvgIpc) is 3.24. The zero-order valence-electron chi connectivity index (χ0n) is 12.0. The van der Waals surface area contributed by atoms with Gasteiger partial charge in [0, 0.05) is 15.7 Å². The van der Waals surface area contributed by atoms with E-state index in [-0.39, 0.29) is 18.1 Å². The fraction of sp³-hybridized carbons (Fsp3) is 0.235. The highest BCUT2D eigenvalue weighted by Gasteiger charge is 2.54. The first-order chi connectivity index (χ1) is 10.6. The highest BCUT2D eigenvalue weighted by Crippen LogP contribution is 2.47. The zero-order chi connectivity index (χ0) is 15.7. The van der Waals surface area contributed by atoms with E-state index in [1.54, 1.807) is 0 Å². The van der Waals surface area contributed by atoms with Crippen molar-refractivity contribution in [3.63, 3.8) is 0 Å². The van der Waals surface area contributed by atoms with Gasteiger partial charge in [0.15, 0.2) is 6.04 Å². The number of hydrogen-bond acceptors (Lipinski definition) is 3. The van der Waals surface area contributed by atoms with E-state index in [1.807, 2.05) is 60.4 Å². The number of rotatable bonds is 4. The summed E-state index contributed by atoms with van der Waals surface area (Å²) in [5, 5.41) is 1.34. The lowest BCUT2D eigenvalue weighted by Gasteiger charge is -2.06. The summed E-state index contributed by atoms with van der Waals surface area (Å²) in [5.41, 5.74) is 1.99. The summed E-state index contributed by atoms with van der Waals surface area (Å²) in [5.74, 6) is -0.211. The molecule has 114 valence electrons. The molecule has 0 aromatic heterocycles. The normalized spacial score (nSPS) is 19.9. The SMILES string of the molecule is CCOC(=O)[C@H]1[C@H](c2ccc(Cl)cc2)N1c1ccc(Cl)cc1. The molecule has 0 N–H and O–H groups in total. The summed E-state index contributed by atoms with van der Waals surface area (Å²) in [7, 11) is 0. The zero-order valence-corrected chi connectivity index (χ0v) is 13.5. The van der Waals surface area contributed by atoms with Crippen LogP contribution in [0.5, 0.6) is 0 Å². The maximum atomic E-state index is 12.2. The second-order valence-electron chi connectivity index (χ2n) is 5.08. The Morgan fingerprint density at radius 1 is 1.05 bits per heavy atom. The third-order valence-corrected chi connectivity index (χ3v) is 4.18. The van der Waals surface area contributed by atoms with Crippen LogP contribution >= 0.6 is 23.2 Å². The molecule has 3 nitrogen and oxygen atoms in total. The molecule has 0 bridgehead atoms. The topological polar surface area (TPSA) is 29.3 Å². The highest BCUT2D eigenvalue weighted by atomic mass is 35.5. The molecule has 0 unspecified atom stereocenters. The minimum Gasteiger partial charge on any atom is -0.464 e. The standard InChI is InChI=1S/C17H15Cl2NO2/c1-2-22-17(21)16-15(11-3-5-12(18)6-4-11)20(16)14-9-7-13(19)8-10-14/h3-10,15-16H,2H2,1H3/t15-,16+,20?/m0/s1. The maximum Gasteiger partial charge on any atom is 0.331 e. The van der Waals surface area contributed by atoms with Crippen molar-refractivity contribution in [1.82, 2.24) is 0 Å². The van der Waals surface area contributed by atoms with Gasteiger partial charge in [-0.1, -0.05) is 35.3 Å². The molecule has 0 amide bonds. The van der Waals surface area contributed by atoms with Crippen LogP contribution in [0, 0.1) is 0 Å². The van der Waals surface area contributed by atoms with Gasteiger partial charge in [0.1, 0.15) is 0 Å². The van der Waals surface area contributed by atoms with E-state index in [0.717, 1.165) is 11.3 Å². The number of esters is 1. The first kappa shape index (κ1) is 15.2. The monoisotopic (exact) mass is 335 g/mol. The molecule has 1 saturated heterocycles. The number of benzene rings is 2. The largest absolute Gasteiger partial charge is 0.464 e. The molecule has 1 aliphatic rings. The van der Waals surface area contributed by atoms with Gasteiger partial charge < -0.3 is 9.64 Å². The fourth-order valence-electron chi connectivity index (χ4n) is 2.64. The quantitative estimate of drug-likeness (QED) is 0.609. The molecule has 0 aliphatic carbocycles. The van der Waals surface area contributed by atoms with Crippen molar-refractivity contribution in [2.24, 2.45) is 0 Å². The molecule has 1 fully saturated rings. The summed E-state index contributed by atoms with van der Waals surface area (Å²) >= 11 is 11.9. The minimum absolute atomic E-state index is 0.0301. The van der Waals surface area contributed by atoms with Gasteiger partial charge in [0.05, 0.1) is 12.6 Å². The van der Waals surface area contributed by atoms with Crippen molar-refractivity contribution in [3.8, 4) is 0 Å². The molecule has 3 rings (SSSR count). The highest BCUT2D eigenvalue weighted by molar-refractivity contribution is 6.30. The predicted octanol–water partition coefficient (Wildman–Crippen LogP) is 4.49. The van der Waals surface area contributed by atoms with Crippen LogP contribution in [0.15, 0.2) is 48.5 Å². The number of halogens is 2. The predicted molar refractivity (Wildman–Crippen MR) is 88.5 cm³/mol. The van der Waals surface area contributed by atoms with Crippen molar-refractivity contribution < 1.29 is 9.53 Å². The van der Waals surface area contributed by atoms with Gasteiger partial charge in [0.2, 0.25) is 0 Å². The summed E-state index contributed by atoms with van der Waals surface area (Å²) in [4.78, 5) is 14.2. The van der Waals surface area contributed by atoms with Crippen LogP contribution in [0.4, 0.5) is 5.69 Å². The van der Waals surface area contributed by atoms with Crippen molar-refractivity contribution in [1.29, 1.82) is 0 Å². The van der Waals surface area contributed by atoms with Crippen LogP contribution in [0.2, 0.25) is 10.0 Å². The smallest absolute Gasteiger partial charge is 0.331 e. The Bertz CT molecular complexity index is 619. The summed E-state index contributed by atoms with van der Waals surface area (Å²) in [6, 6.07) is 14.7. The Balaban J connectivity index is 1.90. The van der Waals surface area contributed by atoms with E-state index in [0.29, 0.717) is 16.7 Å². The lowest BCUT2D eigenvalue weighted by Crippen LogP contribution is -2.15. The summed E-state index contributed by atoms with van der Waals surface area (Å²) < 4.78 is 5.18. The van der Waals surface area contributed by atoms with Gasteiger partial charge in [-0.2, -0.15) is 0 Å². The molecule has 5 heteroatoms. The molecule has 2 aromatic carbocycles. The minimum atomic E-state index is -0.303. The number of carbonyl (C=O) groups excluding carboxylic acids is 1. The summed E-state index contributed by atoms with van der Waals surface area (Å²) in [6.07, 6.45) is 0. The van der Waals surface area contributed by atoms with Gasteiger partial charge >= 0.3 is 5.97 Å². The van der Waals surface area contributed by atoms with Crippen LogP contribution in [0.1, 0.15) is 18.5 Å². The molecule has 0 spiro atoms. The fourth-order valence-corrected chi connectivity index (χ4v) is 2.89. The first-order valence-electron chi connectivity index (χ1n) is 7.08. The second kappa shape index (κ2) is 6.19. The molecular formula is C17H15Cl2NO2. The Morgan fingerprint density at radius 2 is 1.59 bits per heavy atom. The lowest BCUT2D eigenvalue weighted by atomic mass is 10.1. The van der Waals surface area contributed by atoms with Crippen molar-refractivity contribution in [2.45, 2.75) is 19.0 Å². The van der Waals surface area contributed by atoms with E-state index in [4.69, 9.17) is 27.9 Å². The van der Waals surface area contributed by atoms with Crippen LogP contribution in [-0.4, -0.2) is 18.6 Å². The van der Waals surface area contributed by atoms with Crippen molar-refractivity contribution >= 4 is 34.9 Å². The van der Waals surface area contributed by atoms with Gasteiger partial charge in [-0.25, -0.2) is 4.79 Å². The number of ether oxygens (including phenoxy) is 1. The molecule has 2 atom stereocenters. The Hall–Kier alpha value is -1.71. The van der Waals surface area contributed by atoms with E-state index >= 15 is 0 Å². The Morgan fingerprint density at radius 3 is 2.14 bits per heavy atom. The van der Waals surface area contributed by atoms with Gasteiger partial charge in [-0.3, -0.25) is 0 Å².